The Labute approximate surface area is 205 Å². The van der Waals surface area contributed by atoms with Crippen molar-refractivity contribution in [3.05, 3.63) is 23.3 Å². The number of fused-ring (bicyclic) bond motifs is 5. The summed E-state index contributed by atoms with van der Waals surface area (Å²) >= 11 is 0. The highest BCUT2D eigenvalue weighted by atomic mass is 16.1. The van der Waals surface area contributed by atoms with Crippen LogP contribution in [-0.2, 0) is 4.79 Å². The molecule has 0 bridgehead atoms. The van der Waals surface area contributed by atoms with Crippen LogP contribution in [-0.4, -0.2) is 5.78 Å². The zero-order valence-electron chi connectivity index (χ0n) is 23.5. The Kier molecular flexibility index (Phi) is 5.99. The number of allylic oxidation sites excluding steroid dienone is 4. The van der Waals surface area contributed by atoms with Crippen LogP contribution in [0.4, 0.5) is 0 Å². The maximum atomic E-state index is 12.8. The Morgan fingerprint density at radius 1 is 1.06 bits per heavy atom. The zero-order chi connectivity index (χ0) is 24.6. The van der Waals surface area contributed by atoms with Gasteiger partial charge in [0.15, 0.2) is 0 Å². The van der Waals surface area contributed by atoms with Crippen LogP contribution >= 0.6 is 0 Å². The van der Waals surface area contributed by atoms with E-state index >= 15 is 0 Å². The van der Waals surface area contributed by atoms with Gasteiger partial charge in [0.25, 0.3) is 0 Å². The molecule has 0 N–H and O–H groups in total. The molecule has 4 aliphatic carbocycles. The van der Waals surface area contributed by atoms with E-state index in [0.29, 0.717) is 28.4 Å². The van der Waals surface area contributed by atoms with E-state index in [1.165, 1.54) is 44.1 Å². The van der Waals surface area contributed by atoms with Gasteiger partial charge in [-0.15, -0.1) is 0 Å². The summed E-state index contributed by atoms with van der Waals surface area (Å²) in [6, 6.07) is 0. The lowest BCUT2D eigenvalue weighted by molar-refractivity contribution is -0.142. The lowest BCUT2D eigenvalue weighted by Gasteiger charge is -2.63. The molecule has 7 atom stereocenters. The lowest BCUT2D eigenvalue weighted by atomic mass is 9.41. The van der Waals surface area contributed by atoms with Crippen molar-refractivity contribution in [3.63, 3.8) is 0 Å². The molecule has 0 aromatic rings. The van der Waals surface area contributed by atoms with E-state index in [-0.39, 0.29) is 16.2 Å². The van der Waals surface area contributed by atoms with E-state index in [2.05, 4.69) is 81.4 Å². The number of Topliss-reactive ketones (excluding diaryl/α,β-unsaturated/α-hetero) is 1. The third-order valence-corrected chi connectivity index (χ3v) is 12.3. The van der Waals surface area contributed by atoms with Crippen LogP contribution in [0, 0.1) is 50.7 Å². The fourth-order valence-electron chi connectivity index (χ4n) is 9.32. The van der Waals surface area contributed by atoms with E-state index in [1.807, 2.05) is 0 Å². The number of carbonyl (C=O) groups is 1. The molecule has 0 radical (unpaired) electrons. The van der Waals surface area contributed by atoms with Gasteiger partial charge in [-0.05, 0) is 97.2 Å². The van der Waals surface area contributed by atoms with Gasteiger partial charge in [-0.1, -0.05) is 85.6 Å². The van der Waals surface area contributed by atoms with E-state index in [4.69, 9.17) is 0 Å². The van der Waals surface area contributed by atoms with Crippen LogP contribution in [0.1, 0.15) is 121 Å². The molecule has 186 valence electrons. The summed E-state index contributed by atoms with van der Waals surface area (Å²) in [5.41, 5.74) is 4.43. The molecule has 0 aromatic carbocycles. The number of ketones is 1. The third-order valence-electron chi connectivity index (χ3n) is 12.3. The summed E-state index contributed by atoms with van der Waals surface area (Å²) in [5, 5.41) is 0. The molecule has 0 saturated heterocycles. The number of carbonyl (C=O) groups excluding carboxylic acids is 1. The Bertz CT molecular complexity index is 865. The fraction of sp³-hybridized carbons (Fsp3) is 0.844. The summed E-state index contributed by atoms with van der Waals surface area (Å²) in [7, 11) is 0. The summed E-state index contributed by atoms with van der Waals surface area (Å²) < 4.78 is 0. The number of hydrogen-bond donors (Lipinski definition) is 0. The summed E-state index contributed by atoms with van der Waals surface area (Å²) in [4.78, 5) is 12.8. The quantitative estimate of drug-likeness (QED) is 0.390. The molecule has 3 fully saturated rings. The van der Waals surface area contributed by atoms with Gasteiger partial charge < -0.3 is 0 Å². The maximum Gasteiger partial charge on any atom is 0.138 e. The molecule has 0 heterocycles. The van der Waals surface area contributed by atoms with Gasteiger partial charge in [-0.25, -0.2) is 0 Å². The molecule has 1 nitrogen and oxygen atoms in total. The minimum absolute atomic E-state index is 0.162. The SMILES string of the molecule is CC(=CCC(C)C1CCC2(C)C3CCC4C(C)(C)C(=O)CCC4(C)C3=CCC12C)C(C)(C)C. The van der Waals surface area contributed by atoms with E-state index < -0.39 is 0 Å². The smallest absolute Gasteiger partial charge is 0.138 e. The second-order valence-corrected chi connectivity index (χ2v) is 14.9. The van der Waals surface area contributed by atoms with Crippen LogP contribution in [0.3, 0.4) is 0 Å². The van der Waals surface area contributed by atoms with Gasteiger partial charge in [0, 0.05) is 11.8 Å². The minimum Gasteiger partial charge on any atom is -0.299 e. The minimum atomic E-state index is -0.162. The Balaban J connectivity index is 1.63. The van der Waals surface area contributed by atoms with Crippen molar-refractivity contribution in [2.24, 2.45) is 50.7 Å². The van der Waals surface area contributed by atoms with Crippen LogP contribution in [0.25, 0.3) is 0 Å². The van der Waals surface area contributed by atoms with Gasteiger partial charge in [0.1, 0.15) is 5.78 Å². The van der Waals surface area contributed by atoms with Crippen molar-refractivity contribution in [1.29, 1.82) is 0 Å². The second-order valence-electron chi connectivity index (χ2n) is 14.9. The van der Waals surface area contributed by atoms with Crippen molar-refractivity contribution in [2.45, 2.75) is 121 Å². The monoisotopic (exact) mass is 452 g/mol. The van der Waals surface area contributed by atoms with Crippen LogP contribution in [0.5, 0.6) is 0 Å². The Morgan fingerprint density at radius 2 is 1.73 bits per heavy atom. The van der Waals surface area contributed by atoms with Crippen molar-refractivity contribution < 1.29 is 4.79 Å². The first-order chi connectivity index (χ1) is 15.1. The average molecular weight is 453 g/mol. The molecule has 0 aliphatic heterocycles. The highest BCUT2D eigenvalue weighted by Crippen LogP contribution is 2.72. The average Bonchev–Trinajstić information content (AvgIpc) is 3.00. The largest absolute Gasteiger partial charge is 0.299 e. The number of hydrogen-bond acceptors (Lipinski definition) is 1. The van der Waals surface area contributed by atoms with Crippen LogP contribution < -0.4 is 0 Å². The van der Waals surface area contributed by atoms with Gasteiger partial charge >= 0.3 is 0 Å². The topological polar surface area (TPSA) is 17.1 Å². The van der Waals surface area contributed by atoms with E-state index in [1.54, 1.807) is 5.57 Å². The summed E-state index contributed by atoms with van der Waals surface area (Å²) in [6.07, 6.45) is 14.9. The molecule has 4 rings (SSSR count). The van der Waals surface area contributed by atoms with Crippen molar-refractivity contribution in [2.75, 3.05) is 0 Å². The molecule has 0 spiro atoms. The van der Waals surface area contributed by atoms with E-state index in [9.17, 15) is 4.79 Å². The molecule has 1 heteroatoms. The molecular weight excluding hydrogens is 400 g/mol. The first-order valence-electron chi connectivity index (χ1n) is 14.0. The van der Waals surface area contributed by atoms with E-state index in [0.717, 1.165) is 24.7 Å². The first kappa shape index (κ1) is 25.2. The van der Waals surface area contributed by atoms with Gasteiger partial charge in [-0.2, -0.15) is 0 Å². The van der Waals surface area contributed by atoms with Crippen molar-refractivity contribution >= 4 is 5.78 Å². The Morgan fingerprint density at radius 3 is 2.36 bits per heavy atom. The number of rotatable bonds is 3. The predicted octanol–water partition coefficient (Wildman–Crippen LogP) is 9.18. The van der Waals surface area contributed by atoms with Gasteiger partial charge in [-0.3, -0.25) is 4.79 Å². The third kappa shape index (κ3) is 3.57. The Hall–Kier alpha value is -0.850. The normalized spacial score (nSPS) is 43.9. The summed E-state index contributed by atoms with van der Waals surface area (Å²) in [6.45, 7) is 24.2. The molecule has 4 aliphatic rings. The predicted molar refractivity (Wildman–Crippen MR) is 141 cm³/mol. The van der Waals surface area contributed by atoms with Crippen molar-refractivity contribution in [3.8, 4) is 0 Å². The van der Waals surface area contributed by atoms with Crippen LogP contribution in [0.2, 0.25) is 0 Å². The van der Waals surface area contributed by atoms with Crippen molar-refractivity contribution in [1.82, 2.24) is 0 Å². The molecule has 7 unspecified atom stereocenters. The summed E-state index contributed by atoms with van der Waals surface area (Å²) in [5.74, 6) is 3.28. The molecule has 33 heavy (non-hydrogen) atoms. The fourth-order valence-corrected chi connectivity index (χ4v) is 9.32. The first-order valence-corrected chi connectivity index (χ1v) is 14.0. The second kappa shape index (κ2) is 7.83. The van der Waals surface area contributed by atoms with Crippen LogP contribution in [0.15, 0.2) is 23.3 Å². The molecular formula is C32H52O. The van der Waals surface area contributed by atoms with Gasteiger partial charge in [0.2, 0.25) is 0 Å². The highest BCUT2D eigenvalue weighted by molar-refractivity contribution is 5.85. The molecule has 3 saturated carbocycles. The van der Waals surface area contributed by atoms with Gasteiger partial charge in [0.05, 0.1) is 0 Å². The standard InChI is InChI=1S/C32H52O/c1-21(11-12-22(2)28(3,4)5)23-15-19-32(10)25-13-14-26-29(6,7)27(33)17-18-30(26,8)24(25)16-20-31(23,32)9/h12,16,21,23,25-26H,11,13-15,17-20H2,1-10H3. The zero-order valence-corrected chi connectivity index (χ0v) is 23.5. The highest BCUT2D eigenvalue weighted by Gasteiger charge is 2.65. The lowest BCUT2D eigenvalue weighted by Crippen LogP contribution is -2.56. The molecule has 0 aromatic heterocycles. The maximum absolute atomic E-state index is 12.8. The molecule has 0 amide bonds.